The molecule has 5 nitrogen and oxygen atoms in total. The van der Waals surface area contributed by atoms with Crippen molar-refractivity contribution >= 4 is 33.3 Å². The third-order valence-corrected chi connectivity index (χ3v) is 4.54. The first-order chi connectivity index (χ1) is 9.35. The Labute approximate surface area is 119 Å². The lowest BCUT2D eigenvalue weighted by atomic mass is 10.3. The number of thiazole rings is 1. The molecule has 0 unspecified atom stereocenters. The summed E-state index contributed by atoms with van der Waals surface area (Å²) in [4.78, 5) is 6.20. The Morgan fingerprint density at radius 2 is 2.21 bits per heavy atom. The number of aromatic nitrogens is 5. The van der Waals surface area contributed by atoms with Crippen LogP contribution in [0.2, 0.25) is 0 Å². The summed E-state index contributed by atoms with van der Waals surface area (Å²) in [6, 6.07) is 8.11. The molecule has 0 aliphatic rings. The highest BCUT2D eigenvalue weighted by Gasteiger charge is 2.09. The lowest BCUT2D eigenvalue weighted by Gasteiger charge is -1.93. The van der Waals surface area contributed by atoms with Crippen molar-refractivity contribution in [1.29, 1.82) is 0 Å². The van der Waals surface area contributed by atoms with Gasteiger partial charge in [0.1, 0.15) is 0 Å². The number of para-hydroxylation sites is 1. The molecule has 0 amide bonds. The summed E-state index contributed by atoms with van der Waals surface area (Å²) < 4.78 is 2.14. The van der Waals surface area contributed by atoms with Crippen molar-refractivity contribution in [3.8, 4) is 0 Å². The van der Waals surface area contributed by atoms with E-state index >= 15 is 0 Å². The molecule has 0 fully saturated rings. The van der Waals surface area contributed by atoms with E-state index < -0.39 is 0 Å². The quantitative estimate of drug-likeness (QED) is 0.722. The van der Waals surface area contributed by atoms with Gasteiger partial charge in [-0.05, 0) is 35.5 Å². The van der Waals surface area contributed by atoms with Gasteiger partial charge in [-0.15, -0.1) is 21.5 Å². The van der Waals surface area contributed by atoms with Crippen LogP contribution < -0.4 is 0 Å². The predicted octanol–water partition coefficient (Wildman–Crippen LogP) is 3.23. The van der Waals surface area contributed by atoms with E-state index in [0.717, 1.165) is 29.2 Å². The number of rotatable bonds is 5. The fourth-order valence-electron chi connectivity index (χ4n) is 1.64. The highest BCUT2D eigenvalue weighted by Crippen LogP contribution is 2.32. The van der Waals surface area contributed by atoms with Gasteiger partial charge in [0.15, 0.2) is 4.34 Å². The molecule has 98 valence electrons. The third kappa shape index (κ3) is 2.93. The summed E-state index contributed by atoms with van der Waals surface area (Å²) in [6.45, 7) is 2.97. The zero-order valence-electron chi connectivity index (χ0n) is 10.5. The molecule has 0 saturated heterocycles. The molecule has 3 rings (SSSR count). The van der Waals surface area contributed by atoms with Crippen molar-refractivity contribution < 1.29 is 0 Å². The molecule has 0 aliphatic carbocycles. The number of aryl methyl sites for hydroxylation is 1. The summed E-state index contributed by atoms with van der Waals surface area (Å²) >= 11 is 3.12. The van der Waals surface area contributed by atoms with Crippen molar-refractivity contribution in [1.82, 2.24) is 25.2 Å². The smallest absolute Gasteiger partial charge is 0.229 e. The Hall–Kier alpha value is -1.47. The summed E-state index contributed by atoms with van der Waals surface area (Å²) in [5, 5.41) is 13.1. The number of nitrogens with zero attached hydrogens (tertiary/aromatic N) is 5. The van der Waals surface area contributed by atoms with Crippen molar-refractivity contribution in [2.24, 2.45) is 0 Å². The first kappa shape index (κ1) is 12.6. The minimum absolute atomic E-state index is 0.662. The second-order valence-corrected chi connectivity index (χ2v) is 6.32. The Bertz CT molecular complexity index is 642. The lowest BCUT2D eigenvalue weighted by Crippen LogP contribution is -2.01. The number of tetrazole rings is 1. The van der Waals surface area contributed by atoms with Crippen LogP contribution in [-0.4, -0.2) is 25.2 Å². The Kier molecular flexibility index (Phi) is 3.74. The summed E-state index contributed by atoms with van der Waals surface area (Å²) in [5.74, 6) is 0. The number of fused-ring (bicyclic) bond motifs is 1. The van der Waals surface area contributed by atoms with E-state index in [1.807, 2.05) is 18.2 Å². The molecule has 0 atom stereocenters. The zero-order valence-corrected chi connectivity index (χ0v) is 12.1. The van der Waals surface area contributed by atoms with E-state index in [0.29, 0.717) is 5.16 Å². The Morgan fingerprint density at radius 3 is 3.05 bits per heavy atom. The van der Waals surface area contributed by atoms with E-state index in [9.17, 15) is 0 Å². The molecule has 0 radical (unpaired) electrons. The highest BCUT2D eigenvalue weighted by atomic mass is 32.2. The van der Waals surface area contributed by atoms with Crippen LogP contribution >= 0.6 is 23.1 Å². The van der Waals surface area contributed by atoms with Gasteiger partial charge in [-0.1, -0.05) is 25.5 Å². The van der Waals surface area contributed by atoms with Gasteiger partial charge >= 0.3 is 0 Å². The van der Waals surface area contributed by atoms with Gasteiger partial charge in [0.05, 0.1) is 16.8 Å². The third-order valence-electron chi connectivity index (χ3n) is 2.60. The number of hydrogen-bond acceptors (Lipinski definition) is 6. The topological polar surface area (TPSA) is 56.5 Å². The molecule has 0 spiro atoms. The maximum Gasteiger partial charge on any atom is 0.238 e. The normalized spacial score (nSPS) is 11.2. The molecule has 2 heterocycles. The fourth-order valence-corrected chi connectivity index (χ4v) is 3.51. The van der Waals surface area contributed by atoms with Gasteiger partial charge in [0, 0.05) is 0 Å². The van der Waals surface area contributed by atoms with E-state index in [-0.39, 0.29) is 0 Å². The predicted molar refractivity (Wildman–Crippen MR) is 76.5 cm³/mol. The molecule has 3 aromatic rings. The number of unbranched alkanes of at least 4 members (excludes halogenated alkanes) is 1. The second kappa shape index (κ2) is 5.66. The van der Waals surface area contributed by atoms with Gasteiger partial charge < -0.3 is 0 Å². The largest absolute Gasteiger partial charge is 0.238 e. The van der Waals surface area contributed by atoms with Crippen LogP contribution in [0.5, 0.6) is 0 Å². The zero-order chi connectivity index (χ0) is 13.1. The monoisotopic (exact) mass is 291 g/mol. The van der Waals surface area contributed by atoms with Crippen LogP contribution in [0.3, 0.4) is 0 Å². The molecule has 0 aliphatic heterocycles. The van der Waals surface area contributed by atoms with Crippen LogP contribution in [0.25, 0.3) is 10.2 Å². The van der Waals surface area contributed by atoms with Crippen LogP contribution in [0, 0.1) is 0 Å². The standard InChI is InChI=1S/C12H13N5S2/c1-2-3-8-17-15-11(14-16-17)19-12-13-9-6-4-5-7-10(9)18-12/h4-7H,2-3,8H2,1H3. The van der Waals surface area contributed by atoms with E-state index in [2.05, 4.69) is 33.4 Å². The lowest BCUT2D eigenvalue weighted by molar-refractivity contribution is 0.493. The van der Waals surface area contributed by atoms with Crippen molar-refractivity contribution in [2.45, 2.75) is 35.8 Å². The molecular weight excluding hydrogens is 278 g/mol. The maximum atomic E-state index is 4.54. The molecule has 1 aromatic carbocycles. The molecule has 0 bridgehead atoms. The van der Waals surface area contributed by atoms with Crippen molar-refractivity contribution in [3.05, 3.63) is 24.3 Å². The maximum absolute atomic E-state index is 4.54. The average Bonchev–Trinajstić information content (AvgIpc) is 3.02. The van der Waals surface area contributed by atoms with E-state index in [4.69, 9.17) is 0 Å². The number of hydrogen-bond donors (Lipinski definition) is 0. The number of benzene rings is 1. The van der Waals surface area contributed by atoms with Gasteiger partial charge in [0.25, 0.3) is 0 Å². The second-order valence-electron chi connectivity index (χ2n) is 4.07. The van der Waals surface area contributed by atoms with Crippen LogP contribution in [0.1, 0.15) is 19.8 Å². The summed E-state index contributed by atoms with van der Waals surface area (Å²) in [6.07, 6.45) is 2.20. The fraction of sp³-hybridized carbons (Fsp3) is 0.333. The van der Waals surface area contributed by atoms with Gasteiger partial charge in [-0.2, -0.15) is 4.80 Å². The SMILES string of the molecule is CCCCn1nnc(Sc2nc3ccccc3s2)n1. The molecule has 2 aromatic heterocycles. The molecule has 19 heavy (non-hydrogen) atoms. The molecular formula is C12H13N5S2. The minimum atomic E-state index is 0.662. The minimum Gasteiger partial charge on any atom is -0.229 e. The average molecular weight is 291 g/mol. The van der Waals surface area contributed by atoms with Gasteiger partial charge in [-0.25, -0.2) is 4.98 Å². The van der Waals surface area contributed by atoms with Crippen molar-refractivity contribution in [3.63, 3.8) is 0 Å². The summed E-state index contributed by atoms with van der Waals surface area (Å²) in [7, 11) is 0. The van der Waals surface area contributed by atoms with E-state index in [1.54, 1.807) is 16.1 Å². The molecule has 7 heteroatoms. The summed E-state index contributed by atoms with van der Waals surface area (Å²) in [5.41, 5.74) is 1.02. The van der Waals surface area contributed by atoms with Crippen LogP contribution in [-0.2, 0) is 6.54 Å². The molecule has 0 N–H and O–H groups in total. The highest BCUT2D eigenvalue weighted by molar-refractivity contribution is 8.01. The first-order valence-electron chi connectivity index (χ1n) is 6.16. The molecule has 0 saturated carbocycles. The Morgan fingerprint density at radius 1 is 1.32 bits per heavy atom. The van der Waals surface area contributed by atoms with Gasteiger partial charge in [0.2, 0.25) is 5.16 Å². The van der Waals surface area contributed by atoms with Gasteiger partial charge in [-0.3, -0.25) is 0 Å². The van der Waals surface area contributed by atoms with E-state index in [1.165, 1.54) is 16.5 Å². The van der Waals surface area contributed by atoms with Crippen LogP contribution in [0.4, 0.5) is 0 Å². The van der Waals surface area contributed by atoms with Crippen molar-refractivity contribution in [2.75, 3.05) is 0 Å². The first-order valence-corrected chi connectivity index (χ1v) is 7.79. The van der Waals surface area contributed by atoms with Crippen LogP contribution in [0.15, 0.2) is 33.8 Å². The Balaban J connectivity index is 1.75.